The van der Waals surface area contributed by atoms with E-state index in [1.54, 1.807) is 31.2 Å². The van der Waals surface area contributed by atoms with Crippen LogP contribution in [0.1, 0.15) is 6.92 Å². The molecule has 25 heavy (non-hydrogen) atoms. The average Bonchev–Trinajstić information content (AvgIpc) is 2.60. The predicted molar refractivity (Wildman–Crippen MR) is 92.6 cm³/mol. The highest BCUT2D eigenvalue weighted by Crippen LogP contribution is 2.32. The maximum Gasteiger partial charge on any atom is 0.264 e. The topological polar surface area (TPSA) is 75.7 Å². The summed E-state index contributed by atoms with van der Waals surface area (Å²) < 4.78 is 45.3. The van der Waals surface area contributed by atoms with Gasteiger partial charge in [-0.2, -0.15) is 0 Å². The van der Waals surface area contributed by atoms with Crippen LogP contribution in [0.4, 0.5) is 10.1 Å². The highest BCUT2D eigenvalue weighted by atomic mass is 32.2. The first-order chi connectivity index (χ1) is 11.9. The number of likely N-dealkylation sites (N-methyl/N-ethyl adjacent to an activating group) is 1. The molecule has 6 nitrogen and oxygen atoms in total. The number of hydrogen-bond acceptors (Lipinski definition) is 4. The van der Waals surface area contributed by atoms with Crippen LogP contribution < -0.4 is 14.4 Å². The van der Waals surface area contributed by atoms with Crippen LogP contribution in [0.3, 0.4) is 0 Å². The fourth-order valence-corrected chi connectivity index (χ4v) is 3.68. The quantitative estimate of drug-likeness (QED) is 0.815. The Balaban J connectivity index is 2.54. The van der Waals surface area contributed by atoms with Crippen molar-refractivity contribution in [2.24, 2.45) is 0 Å². The van der Waals surface area contributed by atoms with Crippen molar-refractivity contribution in [2.45, 2.75) is 11.8 Å². The summed E-state index contributed by atoms with van der Waals surface area (Å²) in [4.78, 5) is 11.9. The molecule has 0 bridgehead atoms. The number of ether oxygens (including phenoxy) is 1. The van der Waals surface area contributed by atoms with Crippen LogP contribution in [0, 0.1) is 5.82 Å². The lowest BCUT2D eigenvalue weighted by atomic mass is 10.3. The molecule has 0 fully saturated rings. The maximum atomic E-state index is 13.1. The van der Waals surface area contributed by atoms with Gasteiger partial charge in [-0.3, -0.25) is 9.10 Å². The fourth-order valence-electron chi connectivity index (χ4n) is 2.25. The molecule has 2 rings (SSSR count). The smallest absolute Gasteiger partial charge is 0.264 e. The molecule has 0 aliphatic rings. The minimum atomic E-state index is -4.09. The monoisotopic (exact) mass is 366 g/mol. The van der Waals surface area contributed by atoms with Crippen LogP contribution in [-0.4, -0.2) is 34.5 Å². The number of nitrogens with zero attached hydrogens (tertiary/aromatic N) is 1. The lowest BCUT2D eigenvalue weighted by molar-refractivity contribution is -0.119. The summed E-state index contributed by atoms with van der Waals surface area (Å²) in [6.45, 7) is 1.68. The summed E-state index contributed by atoms with van der Waals surface area (Å²) in [5.74, 6) is -0.705. The van der Waals surface area contributed by atoms with E-state index in [2.05, 4.69) is 5.32 Å². The molecule has 0 atom stereocenters. The summed E-state index contributed by atoms with van der Waals surface area (Å²) in [6.07, 6.45) is 0. The first-order valence-corrected chi connectivity index (χ1v) is 9.02. The van der Waals surface area contributed by atoms with Crippen LogP contribution in [0.5, 0.6) is 5.75 Å². The Bertz CT molecular complexity index is 838. The van der Waals surface area contributed by atoms with Crippen LogP contribution in [0.25, 0.3) is 0 Å². The van der Waals surface area contributed by atoms with Gasteiger partial charge in [-0.05, 0) is 43.3 Å². The first-order valence-electron chi connectivity index (χ1n) is 7.58. The molecule has 0 radical (unpaired) electrons. The summed E-state index contributed by atoms with van der Waals surface area (Å²) in [7, 11) is -2.68. The number of nitrogens with one attached hydrogen (secondary N) is 1. The van der Waals surface area contributed by atoms with E-state index in [0.29, 0.717) is 12.3 Å². The number of carbonyl (C=O) groups is 1. The molecule has 0 aliphatic heterocycles. The number of benzene rings is 2. The number of methoxy groups -OCH3 is 1. The minimum absolute atomic E-state index is 0.121. The summed E-state index contributed by atoms with van der Waals surface area (Å²) in [6, 6.07) is 10.9. The zero-order valence-corrected chi connectivity index (χ0v) is 14.7. The van der Waals surface area contributed by atoms with Crippen LogP contribution in [0.2, 0.25) is 0 Å². The number of rotatable bonds is 7. The molecule has 0 saturated heterocycles. The van der Waals surface area contributed by atoms with Crippen molar-refractivity contribution >= 4 is 21.6 Å². The van der Waals surface area contributed by atoms with Gasteiger partial charge < -0.3 is 10.1 Å². The van der Waals surface area contributed by atoms with E-state index in [4.69, 9.17) is 4.74 Å². The Morgan fingerprint density at radius 1 is 1.16 bits per heavy atom. The fraction of sp³-hybridized carbons (Fsp3) is 0.235. The molecule has 8 heteroatoms. The van der Waals surface area contributed by atoms with Gasteiger partial charge in [0.05, 0.1) is 17.7 Å². The molecule has 0 unspecified atom stereocenters. The standard InChI is InChI=1S/C17H19FN2O4S/c1-3-19-17(21)12-20(15-6-4-5-7-16(15)24-2)25(22,23)14-10-8-13(18)9-11-14/h4-11H,3,12H2,1-2H3,(H,19,21). The Labute approximate surface area is 146 Å². The van der Waals surface area contributed by atoms with E-state index in [1.807, 2.05) is 0 Å². The van der Waals surface area contributed by atoms with Crippen molar-refractivity contribution in [1.29, 1.82) is 0 Å². The highest BCUT2D eigenvalue weighted by Gasteiger charge is 2.29. The van der Waals surface area contributed by atoms with Gasteiger partial charge in [0.15, 0.2) is 0 Å². The lowest BCUT2D eigenvalue weighted by Gasteiger charge is -2.25. The molecule has 0 saturated carbocycles. The van der Waals surface area contributed by atoms with E-state index in [-0.39, 0.29) is 10.6 Å². The molecule has 2 aromatic rings. The van der Waals surface area contributed by atoms with Gasteiger partial charge in [-0.1, -0.05) is 12.1 Å². The number of carbonyl (C=O) groups excluding carboxylic acids is 1. The summed E-state index contributed by atoms with van der Waals surface area (Å²) in [5, 5.41) is 2.57. The normalized spacial score (nSPS) is 11.0. The third kappa shape index (κ3) is 4.27. The summed E-state index contributed by atoms with van der Waals surface area (Å²) in [5.41, 5.74) is 0.223. The molecule has 0 heterocycles. The number of anilines is 1. The number of amides is 1. The average molecular weight is 366 g/mol. The minimum Gasteiger partial charge on any atom is -0.495 e. The van der Waals surface area contributed by atoms with E-state index in [0.717, 1.165) is 28.6 Å². The number of hydrogen-bond donors (Lipinski definition) is 1. The van der Waals surface area contributed by atoms with Crippen molar-refractivity contribution in [1.82, 2.24) is 5.32 Å². The molecule has 1 N–H and O–H groups in total. The Hall–Kier alpha value is -2.61. The molecule has 0 aliphatic carbocycles. The van der Waals surface area contributed by atoms with E-state index in [9.17, 15) is 17.6 Å². The van der Waals surface area contributed by atoms with Crippen molar-refractivity contribution in [2.75, 3.05) is 24.5 Å². The first kappa shape index (κ1) is 18.7. The van der Waals surface area contributed by atoms with Crippen LogP contribution >= 0.6 is 0 Å². The Kier molecular flexibility index (Phi) is 5.97. The van der Waals surface area contributed by atoms with Crippen molar-refractivity contribution in [3.05, 3.63) is 54.3 Å². The van der Waals surface area contributed by atoms with Crippen molar-refractivity contribution in [3.63, 3.8) is 0 Å². The van der Waals surface area contributed by atoms with Gasteiger partial charge in [0, 0.05) is 6.54 Å². The van der Waals surface area contributed by atoms with Crippen molar-refractivity contribution in [3.8, 4) is 5.75 Å². The van der Waals surface area contributed by atoms with Gasteiger partial charge in [0.2, 0.25) is 5.91 Å². The van der Waals surface area contributed by atoms with Crippen molar-refractivity contribution < 1.29 is 22.3 Å². The SMILES string of the molecule is CCNC(=O)CN(c1ccccc1OC)S(=O)(=O)c1ccc(F)cc1. The lowest BCUT2D eigenvalue weighted by Crippen LogP contribution is -2.41. The predicted octanol–water partition coefficient (Wildman–Crippen LogP) is 2.17. The van der Waals surface area contributed by atoms with Crippen LogP contribution in [0.15, 0.2) is 53.4 Å². The van der Waals surface area contributed by atoms with Gasteiger partial charge in [-0.15, -0.1) is 0 Å². The van der Waals surface area contributed by atoms with Gasteiger partial charge in [-0.25, -0.2) is 12.8 Å². The third-order valence-electron chi connectivity index (χ3n) is 3.42. The molecule has 0 spiro atoms. The van der Waals surface area contributed by atoms with Gasteiger partial charge in [0.1, 0.15) is 18.1 Å². The second kappa shape index (κ2) is 7.98. The zero-order chi connectivity index (χ0) is 18.4. The zero-order valence-electron chi connectivity index (χ0n) is 13.9. The maximum absolute atomic E-state index is 13.1. The second-order valence-electron chi connectivity index (χ2n) is 5.09. The third-order valence-corrected chi connectivity index (χ3v) is 5.19. The van der Waals surface area contributed by atoms with E-state index in [1.165, 1.54) is 7.11 Å². The van der Waals surface area contributed by atoms with E-state index < -0.39 is 28.3 Å². The highest BCUT2D eigenvalue weighted by molar-refractivity contribution is 7.92. The Morgan fingerprint density at radius 2 is 1.80 bits per heavy atom. The number of halogens is 1. The molecule has 0 aromatic heterocycles. The molecule has 134 valence electrons. The molecule has 1 amide bonds. The molecular formula is C17H19FN2O4S. The summed E-state index contributed by atoms with van der Waals surface area (Å²) >= 11 is 0. The van der Waals surface area contributed by atoms with Gasteiger partial charge >= 0.3 is 0 Å². The number of sulfonamides is 1. The Morgan fingerprint density at radius 3 is 2.40 bits per heavy atom. The largest absolute Gasteiger partial charge is 0.495 e. The second-order valence-corrected chi connectivity index (χ2v) is 6.95. The molecular weight excluding hydrogens is 347 g/mol. The van der Waals surface area contributed by atoms with E-state index >= 15 is 0 Å². The number of para-hydroxylation sites is 2. The molecule has 2 aromatic carbocycles. The van der Waals surface area contributed by atoms with Crippen LogP contribution in [-0.2, 0) is 14.8 Å². The van der Waals surface area contributed by atoms with Gasteiger partial charge in [0.25, 0.3) is 10.0 Å².